The van der Waals surface area contributed by atoms with Crippen LogP contribution < -0.4 is 4.74 Å². The molecule has 3 rings (SSSR count). The molecule has 1 heterocycles. The Morgan fingerprint density at radius 2 is 1.88 bits per heavy atom. The molecule has 1 aromatic heterocycles. The number of thioether (sulfide) groups is 1. The number of hydrogen-bond acceptors (Lipinski definition) is 5. The SMILES string of the molecule is CSc1nc(Oc2ccc(Cl)cc2C(=O)O)cc(-c2ccccc2)n1. The minimum Gasteiger partial charge on any atom is -0.478 e. The molecule has 0 spiro atoms. The molecular weight excluding hydrogens is 360 g/mol. The normalized spacial score (nSPS) is 10.5. The van der Waals surface area contributed by atoms with Crippen molar-refractivity contribution in [1.29, 1.82) is 0 Å². The van der Waals surface area contributed by atoms with Gasteiger partial charge in [-0.05, 0) is 24.5 Å². The number of halogens is 1. The summed E-state index contributed by atoms with van der Waals surface area (Å²) in [6.07, 6.45) is 1.86. The van der Waals surface area contributed by atoms with E-state index in [1.165, 1.54) is 23.9 Å². The van der Waals surface area contributed by atoms with Gasteiger partial charge in [-0.3, -0.25) is 0 Å². The van der Waals surface area contributed by atoms with Gasteiger partial charge in [-0.1, -0.05) is 53.7 Å². The third kappa shape index (κ3) is 4.10. The molecular formula is C18H13ClN2O3S. The maximum absolute atomic E-state index is 11.4. The van der Waals surface area contributed by atoms with Crippen molar-refractivity contribution in [1.82, 2.24) is 9.97 Å². The minimum absolute atomic E-state index is 0.0296. The maximum atomic E-state index is 11.4. The van der Waals surface area contributed by atoms with Crippen LogP contribution in [0.1, 0.15) is 10.4 Å². The van der Waals surface area contributed by atoms with Crippen molar-refractivity contribution in [3.63, 3.8) is 0 Å². The molecule has 0 aliphatic rings. The van der Waals surface area contributed by atoms with Crippen molar-refractivity contribution < 1.29 is 14.6 Å². The van der Waals surface area contributed by atoms with E-state index in [0.717, 1.165) is 5.56 Å². The van der Waals surface area contributed by atoms with Crippen LogP contribution in [0, 0.1) is 0 Å². The second-order valence-corrected chi connectivity index (χ2v) is 6.20. The molecule has 2 aromatic carbocycles. The average molecular weight is 373 g/mol. The Morgan fingerprint density at radius 1 is 1.12 bits per heavy atom. The molecule has 0 atom stereocenters. The molecule has 0 saturated carbocycles. The molecule has 0 aliphatic carbocycles. The number of nitrogens with zero attached hydrogens (tertiary/aromatic N) is 2. The smallest absolute Gasteiger partial charge is 0.339 e. The Bertz CT molecular complexity index is 919. The lowest BCUT2D eigenvalue weighted by Crippen LogP contribution is -2.01. The van der Waals surface area contributed by atoms with Crippen molar-refractivity contribution in [2.75, 3.05) is 6.26 Å². The summed E-state index contributed by atoms with van der Waals surface area (Å²) in [5.41, 5.74) is 1.58. The van der Waals surface area contributed by atoms with E-state index >= 15 is 0 Å². The van der Waals surface area contributed by atoms with E-state index in [1.54, 1.807) is 12.1 Å². The molecule has 7 heteroatoms. The number of carbonyl (C=O) groups is 1. The van der Waals surface area contributed by atoms with Gasteiger partial charge in [-0.15, -0.1) is 0 Å². The van der Waals surface area contributed by atoms with E-state index in [0.29, 0.717) is 15.9 Å². The van der Waals surface area contributed by atoms with Gasteiger partial charge in [0.2, 0.25) is 5.88 Å². The van der Waals surface area contributed by atoms with Crippen molar-refractivity contribution in [3.8, 4) is 22.9 Å². The van der Waals surface area contributed by atoms with E-state index in [-0.39, 0.29) is 17.2 Å². The van der Waals surface area contributed by atoms with Crippen LogP contribution in [0.4, 0.5) is 0 Å². The fraction of sp³-hybridized carbons (Fsp3) is 0.0556. The molecule has 0 saturated heterocycles. The quantitative estimate of drug-likeness (QED) is 0.501. The number of aromatic carboxylic acids is 1. The first-order chi connectivity index (χ1) is 12.1. The molecule has 0 bridgehead atoms. The Kier molecular flexibility index (Phi) is 5.21. The first-order valence-corrected chi connectivity index (χ1v) is 8.86. The first-order valence-electron chi connectivity index (χ1n) is 7.26. The summed E-state index contributed by atoms with van der Waals surface area (Å²) in [7, 11) is 0. The van der Waals surface area contributed by atoms with Crippen LogP contribution in [0.2, 0.25) is 5.02 Å². The first kappa shape index (κ1) is 17.3. The van der Waals surface area contributed by atoms with Gasteiger partial charge in [0, 0.05) is 16.7 Å². The monoisotopic (exact) mass is 372 g/mol. The Labute approximate surface area is 153 Å². The third-order valence-electron chi connectivity index (χ3n) is 3.32. The highest BCUT2D eigenvalue weighted by atomic mass is 35.5. The van der Waals surface area contributed by atoms with E-state index in [1.807, 2.05) is 36.6 Å². The largest absolute Gasteiger partial charge is 0.478 e. The standard InChI is InChI=1S/C18H13ClN2O3S/c1-25-18-20-14(11-5-3-2-4-6-11)10-16(21-18)24-15-8-7-12(19)9-13(15)17(22)23/h2-10H,1H3,(H,22,23). The predicted molar refractivity (Wildman–Crippen MR) is 97.7 cm³/mol. The molecule has 0 fully saturated rings. The molecule has 3 aromatic rings. The number of benzene rings is 2. The number of carboxylic acid groups (broad SMARTS) is 1. The van der Waals surface area contributed by atoms with E-state index in [4.69, 9.17) is 16.3 Å². The van der Waals surface area contributed by atoms with Crippen molar-refractivity contribution in [2.45, 2.75) is 5.16 Å². The molecule has 0 aliphatic heterocycles. The van der Waals surface area contributed by atoms with Crippen LogP contribution in [0.3, 0.4) is 0 Å². The number of ether oxygens (including phenoxy) is 1. The van der Waals surface area contributed by atoms with Crippen molar-refractivity contribution in [3.05, 3.63) is 65.2 Å². The second kappa shape index (κ2) is 7.55. The van der Waals surface area contributed by atoms with E-state index in [9.17, 15) is 9.90 Å². The van der Waals surface area contributed by atoms with Gasteiger partial charge in [-0.2, -0.15) is 4.98 Å². The zero-order valence-electron chi connectivity index (χ0n) is 13.1. The zero-order chi connectivity index (χ0) is 17.8. The van der Waals surface area contributed by atoms with Crippen LogP contribution in [-0.2, 0) is 0 Å². The van der Waals surface area contributed by atoms with Crippen LogP contribution >= 0.6 is 23.4 Å². The van der Waals surface area contributed by atoms with Crippen LogP contribution in [-0.4, -0.2) is 27.3 Å². The van der Waals surface area contributed by atoms with Gasteiger partial charge in [-0.25, -0.2) is 9.78 Å². The second-order valence-electron chi connectivity index (χ2n) is 4.99. The summed E-state index contributed by atoms with van der Waals surface area (Å²) < 4.78 is 5.73. The molecule has 5 nitrogen and oxygen atoms in total. The highest BCUT2D eigenvalue weighted by Gasteiger charge is 2.15. The lowest BCUT2D eigenvalue weighted by atomic mass is 10.1. The van der Waals surface area contributed by atoms with Gasteiger partial charge in [0.05, 0.1) is 5.69 Å². The summed E-state index contributed by atoms with van der Waals surface area (Å²) in [5.74, 6) is -0.690. The maximum Gasteiger partial charge on any atom is 0.339 e. The summed E-state index contributed by atoms with van der Waals surface area (Å²) in [4.78, 5) is 20.2. The van der Waals surface area contributed by atoms with Gasteiger partial charge in [0.15, 0.2) is 5.16 Å². The summed E-state index contributed by atoms with van der Waals surface area (Å²) in [6.45, 7) is 0. The lowest BCUT2D eigenvalue weighted by molar-refractivity contribution is 0.0694. The molecule has 0 amide bonds. The van der Waals surface area contributed by atoms with Crippen LogP contribution in [0.15, 0.2) is 59.8 Å². The van der Waals surface area contributed by atoms with E-state index in [2.05, 4.69) is 9.97 Å². The number of rotatable bonds is 5. The summed E-state index contributed by atoms with van der Waals surface area (Å²) >= 11 is 7.24. The van der Waals surface area contributed by atoms with Gasteiger partial charge < -0.3 is 9.84 Å². The Hall–Kier alpha value is -2.57. The fourth-order valence-corrected chi connectivity index (χ4v) is 2.72. The highest BCUT2D eigenvalue weighted by molar-refractivity contribution is 7.98. The Morgan fingerprint density at radius 3 is 2.56 bits per heavy atom. The van der Waals surface area contributed by atoms with Gasteiger partial charge in [0.25, 0.3) is 0 Å². The van der Waals surface area contributed by atoms with E-state index < -0.39 is 5.97 Å². The zero-order valence-corrected chi connectivity index (χ0v) is 14.7. The van der Waals surface area contributed by atoms with Crippen LogP contribution in [0.5, 0.6) is 11.6 Å². The molecule has 0 radical (unpaired) electrons. The van der Waals surface area contributed by atoms with Crippen molar-refractivity contribution >= 4 is 29.3 Å². The van der Waals surface area contributed by atoms with Gasteiger partial charge >= 0.3 is 5.97 Å². The predicted octanol–water partition coefficient (Wildman–Crippen LogP) is 5.01. The summed E-state index contributed by atoms with van der Waals surface area (Å²) in [5, 5.41) is 10.2. The molecule has 25 heavy (non-hydrogen) atoms. The molecule has 126 valence electrons. The summed E-state index contributed by atoms with van der Waals surface area (Å²) in [6, 6.07) is 15.7. The number of hydrogen-bond donors (Lipinski definition) is 1. The van der Waals surface area contributed by atoms with Crippen molar-refractivity contribution in [2.24, 2.45) is 0 Å². The topological polar surface area (TPSA) is 72.3 Å². The van der Waals surface area contributed by atoms with Gasteiger partial charge in [0.1, 0.15) is 11.3 Å². The molecule has 0 unspecified atom stereocenters. The molecule has 1 N–H and O–H groups in total. The van der Waals surface area contributed by atoms with Crippen LogP contribution in [0.25, 0.3) is 11.3 Å². The number of aromatic nitrogens is 2. The minimum atomic E-state index is -1.13. The average Bonchev–Trinajstić information content (AvgIpc) is 2.63. The highest BCUT2D eigenvalue weighted by Crippen LogP contribution is 2.30. The fourth-order valence-electron chi connectivity index (χ4n) is 2.18. The number of carboxylic acids is 1. The lowest BCUT2D eigenvalue weighted by Gasteiger charge is -2.10. The Balaban J connectivity index is 2.02. The third-order valence-corrected chi connectivity index (χ3v) is 4.10.